The van der Waals surface area contributed by atoms with E-state index >= 15 is 0 Å². The van der Waals surface area contributed by atoms with Crippen LogP contribution in [0.3, 0.4) is 0 Å². The first-order valence-corrected chi connectivity index (χ1v) is 7.12. The molecule has 1 amide bonds. The molecule has 1 aromatic carbocycles. The van der Waals surface area contributed by atoms with Gasteiger partial charge in [0, 0.05) is 26.2 Å². The van der Waals surface area contributed by atoms with Crippen LogP contribution in [0.15, 0.2) is 24.3 Å². The van der Waals surface area contributed by atoms with Crippen molar-refractivity contribution in [1.82, 2.24) is 10.2 Å². The van der Waals surface area contributed by atoms with Gasteiger partial charge in [-0.1, -0.05) is 32.0 Å². The molecule has 0 aliphatic carbocycles. The summed E-state index contributed by atoms with van der Waals surface area (Å²) in [6.45, 7) is 4.50. The SMILES string of the molecule is CC(C)CC(NCc1cccc(C(F)F)c1)C(=O)N(C)C. The molecule has 0 saturated carbocycles. The second-order valence-corrected chi connectivity index (χ2v) is 5.84. The molecule has 0 radical (unpaired) electrons. The van der Waals surface area contributed by atoms with Gasteiger partial charge in [0.2, 0.25) is 5.91 Å². The number of amides is 1. The predicted octanol–water partition coefficient (Wildman–Crippen LogP) is 3.22. The Labute approximate surface area is 125 Å². The zero-order chi connectivity index (χ0) is 16.0. The molecule has 5 heteroatoms. The number of nitrogens with one attached hydrogen (secondary N) is 1. The molecule has 1 aromatic rings. The Balaban J connectivity index is 2.72. The lowest BCUT2D eigenvalue weighted by atomic mass is 10.0. The standard InChI is InChI=1S/C16H24F2N2O/c1-11(2)8-14(16(21)20(3)4)19-10-12-6-5-7-13(9-12)15(17)18/h5-7,9,11,14-15,19H,8,10H2,1-4H3. The van der Waals surface area contributed by atoms with Gasteiger partial charge < -0.3 is 10.2 Å². The largest absolute Gasteiger partial charge is 0.347 e. The normalized spacial score (nSPS) is 12.8. The second kappa shape index (κ2) is 8.08. The molecule has 0 bridgehead atoms. The molecule has 0 fully saturated rings. The summed E-state index contributed by atoms with van der Waals surface area (Å²) in [6, 6.07) is 5.99. The van der Waals surface area contributed by atoms with E-state index in [0.717, 1.165) is 5.56 Å². The van der Waals surface area contributed by atoms with E-state index in [0.29, 0.717) is 18.9 Å². The molecule has 0 spiro atoms. The van der Waals surface area contributed by atoms with Crippen LogP contribution < -0.4 is 5.32 Å². The third-order valence-corrected chi connectivity index (χ3v) is 3.20. The van der Waals surface area contributed by atoms with E-state index in [1.807, 2.05) is 0 Å². The van der Waals surface area contributed by atoms with Crippen molar-refractivity contribution in [3.05, 3.63) is 35.4 Å². The number of halogens is 2. The van der Waals surface area contributed by atoms with Gasteiger partial charge in [0.25, 0.3) is 6.43 Å². The second-order valence-electron chi connectivity index (χ2n) is 5.84. The zero-order valence-corrected chi connectivity index (χ0v) is 13.1. The Hall–Kier alpha value is -1.49. The minimum atomic E-state index is -2.47. The van der Waals surface area contributed by atoms with Gasteiger partial charge in [0.15, 0.2) is 0 Å². The van der Waals surface area contributed by atoms with Crippen LogP contribution in [0.25, 0.3) is 0 Å². The van der Waals surface area contributed by atoms with Crippen molar-refractivity contribution in [3.8, 4) is 0 Å². The zero-order valence-electron chi connectivity index (χ0n) is 13.1. The Kier molecular flexibility index (Phi) is 6.75. The first-order valence-electron chi connectivity index (χ1n) is 7.12. The molecule has 0 aliphatic heterocycles. The smallest absolute Gasteiger partial charge is 0.263 e. The van der Waals surface area contributed by atoms with Crippen molar-refractivity contribution in [2.45, 2.75) is 39.3 Å². The van der Waals surface area contributed by atoms with Crippen LogP contribution in [-0.2, 0) is 11.3 Å². The van der Waals surface area contributed by atoms with Crippen LogP contribution in [0.4, 0.5) is 8.78 Å². The van der Waals surface area contributed by atoms with Crippen LogP contribution in [-0.4, -0.2) is 30.9 Å². The van der Waals surface area contributed by atoms with Gasteiger partial charge in [0.05, 0.1) is 6.04 Å². The average Bonchev–Trinajstić information content (AvgIpc) is 2.42. The predicted molar refractivity (Wildman–Crippen MR) is 80.2 cm³/mol. The van der Waals surface area contributed by atoms with Crippen molar-refractivity contribution in [1.29, 1.82) is 0 Å². The summed E-state index contributed by atoms with van der Waals surface area (Å²) in [7, 11) is 3.43. The number of likely N-dealkylation sites (N-methyl/N-ethyl adjacent to an activating group) is 1. The lowest BCUT2D eigenvalue weighted by Crippen LogP contribution is -2.44. The third kappa shape index (κ3) is 5.79. The molecule has 0 heterocycles. The van der Waals surface area contributed by atoms with E-state index in [9.17, 15) is 13.6 Å². The number of nitrogens with zero attached hydrogens (tertiary/aromatic N) is 1. The van der Waals surface area contributed by atoms with E-state index in [1.54, 1.807) is 31.1 Å². The fraction of sp³-hybridized carbons (Fsp3) is 0.562. The maximum Gasteiger partial charge on any atom is 0.263 e. The lowest BCUT2D eigenvalue weighted by molar-refractivity contribution is -0.131. The maximum absolute atomic E-state index is 12.7. The quantitative estimate of drug-likeness (QED) is 0.838. The summed E-state index contributed by atoms with van der Waals surface area (Å²) < 4.78 is 25.3. The Morgan fingerprint density at radius 1 is 1.29 bits per heavy atom. The molecule has 21 heavy (non-hydrogen) atoms. The third-order valence-electron chi connectivity index (χ3n) is 3.20. The first-order chi connectivity index (χ1) is 9.81. The number of benzene rings is 1. The molecule has 1 N–H and O–H groups in total. The summed E-state index contributed by atoms with van der Waals surface area (Å²) >= 11 is 0. The minimum absolute atomic E-state index is 0.00801. The van der Waals surface area contributed by atoms with Crippen LogP contribution in [0.5, 0.6) is 0 Å². The fourth-order valence-corrected chi connectivity index (χ4v) is 2.13. The topological polar surface area (TPSA) is 32.3 Å². The van der Waals surface area contributed by atoms with Crippen molar-refractivity contribution < 1.29 is 13.6 Å². The Morgan fingerprint density at radius 3 is 2.48 bits per heavy atom. The molecule has 1 unspecified atom stereocenters. The van der Waals surface area contributed by atoms with Crippen molar-refractivity contribution in [2.24, 2.45) is 5.92 Å². The van der Waals surface area contributed by atoms with Crippen molar-refractivity contribution in [3.63, 3.8) is 0 Å². The summed E-state index contributed by atoms with van der Waals surface area (Å²) in [4.78, 5) is 13.7. The summed E-state index contributed by atoms with van der Waals surface area (Å²) in [5.74, 6) is 0.382. The average molecular weight is 298 g/mol. The molecule has 1 atom stereocenters. The number of carbonyl (C=O) groups is 1. The van der Waals surface area contributed by atoms with E-state index in [2.05, 4.69) is 19.2 Å². The number of hydrogen-bond acceptors (Lipinski definition) is 2. The highest BCUT2D eigenvalue weighted by Crippen LogP contribution is 2.19. The molecule has 118 valence electrons. The number of carbonyl (C=O) groups excluding carboxylic acids is 1. The molecule has 0 saturated heterocycles. The van der Waals surface area contributed by atoms with Gasteiger partial charge in [-0.15, -0.1) is 0 Å². The molecular weight excluding hydrogens is 274 g/mol. The van der Waals surface area contributed by atoms with Crippen LogP contribution in [0, 0.1) is 5.92 Å². The van der Waals surface area contributed by atoms with Gasteiger partial charge in [-0.2, -0.15) is 0 Å². The molecule has 0 aliphatic rings. The highest BCUT2D eigenvalue weighted by atomic mass is 19.3. The Morgan fingerprint density at radius 2 is 1.95 bits per heavy atom. The number of rotatable bonds is 7. The van der Waals surface area contributed by atoms with Gasteiger partial charge in [-0.05, 0) is 24.0 Å². The maximum atomic E-state index is 12.7. The number of alkyl halides is 2. The molecular formula is C16H24F2N2O. The number of hydrogen-bond donors (Lipinski definition) is 1. The highest BCUT2D eigenvalue weighted by molar-refractivity contribution is 5.81. The van der Waals surface area contributed by atoms with Gasteiger partial charge in [-0.25, -0.2) is 8.78 Å². The first kappa shape index (κ1) is 17.6. The van der Waals surface area contributed by atoms with Gasteiger partial charge >= 0.3 is 0 Å². The summed E-state index contributed by atoms with van der Waals surface area (Å²) in [6.07, 6.45) is -1.76. The van der Waals surface area contributed by atoms with Gasteiger partial charge in [-0.3, -0.25) is 4.79 Å². The van der Waals surface area contributed by atoms with E-state index in [-0.39, 0.29) is 17.5 Å². The van der Waals surface area contributed by atoms with E-state index in [1.165, 1.54) is 12.1 Å². The molecule has 1 rings (SSSR count). The van der Waals surface area contributed by atoms with E-state index < -0.39 is 6.43 Å². The minimum Gasteiger partial charge on any atom is -0.347 e. The van der Waals surface area contributed by atoms with Crippen LogP contribution in [0.2, 0.25) is 0 Å². The highest BCUT2D eigenvalue weighted by Gasteiger charge is 2.20. The Bertz CT molecular complexity index is 461. The van der Waals surface area contributed by atoms with Gasteiger partial charge in [0.1, 0.15) is 0 Å². The lowest BCUT2D eigenvalue weighted by Gasteiger charge is -2.23. The van der Waals surface area contributed by atoms with Crippen LogP contribution in [0.1, 0.15) is 37.8 Å². The van der Waals surface area contributed by atoms with E-state index in [4.69, 9.17) is 0 Å². The summed E-state index contributed by atoms with van der Waals surface area (Å²) in [5.41, 5.74) is 0.766. The molecule has 0 aromatic heterocycles. The summed E-state index contributed by atoms with van der Waals surface area (Å²) in [5, 5.41) is 3.18. The van der Waals surface area contributed by atoms with Crippen molar-refractivity contribution >= 4 is 5.91 Å². The fourth-order valence-electron chi connectivity index (χ4n) is 2.13. The monoisotopic (exact) mass is 298 g/mol. The van der Waals surface area contributed by atoms with Crippen molar-refractivity contribution in [2.75, 3.05) is 14.1 Å². The molecule has 3 nitrogen and oxygen atoms in total. The van der Waals surface area contributed by atoms with Crippen LogP contribution >= 0.6 is 0 Å².